The average molecular weight is 282 g/mol. The Balaban J connectivity index is 1.71. The molecule has 0 aromatic heterocycles. The van der Waals surface area contributed by atoms with E-state index in [-0.39, 0.29) is 5.82 Å². The first kappa shape index (κ1) is 13.4. The summed E-state index contributed by atoms with van der Waals surface area (Å²) in [6, 6.07) is 5.12. The maximum absolute atomic E-state index is 13.4. The normalized spacial score (nSPS) is 30.2. The summed E-state index contributed by atoms with van der Waals surface area (Å²) in [5.41, 5.74) is 0.938. The molecule has 0 spiro atoms. The molecule has 2 saturated carbocycles. The fourth-order valence-corrected chi connectivity index (χ4v) is 3.89. The third-order valence-corrected chi connectivity index (χ3v) is 5.13. The van der Waals surface area contributed by atoms with Crippen LogP contribution >= 0.6 is 11.6 Å². The highest BCUT2D eigenvalue weighted by atomic mass is 35.5. The van der Waals surface area contributed by atoms with Gasteiger partial charge in [0.15, 0.2) is 0 Å². The van der Waals surface area contributed by atoms with Gasteiger partial charge < -0.3 is 5.32 Å². The van der Waals surface area contributed by atoms with Crippen LogP contribution in [0.25, 0.3) is 0 Å². The van der Waals surface area contributed by atoms with Crippen LogP contribution in [0.3, 0.4) is 0 Å². The molecule has 1 N–H and O–H groups in total. The van der Waals surface area contributed by atoms with Crippen molar-refractivity contribution < 1.29 is 4.39 Å². The van der Waals surface area contributed by atoms with Crippen LogP contribution in [-0.4, -0.2) is 12.6 Å². The van der Waals surface area contributed by atoms with Crippen LogP contribution in [0.1, 0.15) is 31.7 Å². The molecule has 19 heavy (non-hydrogen) atoms. The van der Waals surface area contributed by atoms with Crippen molar-refractivity contribution in [2.45, 2.75) is 38.6 Å². The minimum atomic E-state index is -0.191. The highest BCUT2D eigenvalue weighted by molar-refractivity contribution is 6.31. The highest BCUT2D eigenvalue weighted by Gasteiger charge is 2.47. The number of nitrogens with one attached hydrogen (secondary N) is 1. The fourth-order valence-electron chi connectivity index (χ4n) is 3.69. The summed E-state index contributed by atoms with van der Waals surface area (Å²) in [6.07, 6.45) is 4.97. The summed E-state index contributed by atoms with van der Waals surface area (Å²) in [7, 11) is 0. The van der Waals surface area contributed by atoms with E-state index >= 15 is 0 Å². The summed E-state index contributed by atoms with van der Waals surface area (Å²) in [6.45, 7) is 3.10. The number of hydrogen-bond donors (Lipinski definition) is 1. The number of hydrogen-bond acceptors (Lipinski definition) is 1. The molecule has 104 valence electrons. The number of benzene rings is 1. The summed E-state index contributed by atoms with van der Waals surface area (Å²) in [4.78, 5) is 0. The number of rotatable bonds is 5. The van der Waals surface area contributed by atoms with Gasteiger partial charge in [0, 0.05) is 11.1 Å². The van der Waals surface area contributed by atoms with Crippen molar-refractivity contribution in [1.29, 1.82) is 0 Å². The first-order chi connectivity index (χ1) is 9.17. The van der Waals surface area contributed by atoms with Crippen molar-refractivity contribution in [2.24, 2.45) is 17.8 Å². The van der Waals surface area contributed by atoms with Gasteiger partial charge in [-0.1, -0.05) is 18.5 Å². The van der Waals surface area contributed by atoms with Crippen LogP contribution < -0.4 is 5.32 Å². The van der Waals surface area contributed by atoms with Crippen molar-refractivity contribution in [1.82, 2.24) is 5.32 Å². The van der Waals surface area contributed by atoms with Gasteiger partial charge in [0.25, 0.3) is 0 Å². The fraction of sp³-hybridized carbons (Fsp3) is 0.625. The molecule has 0 heterocycles. The topological polar surface area (TPSA) is 12.0 Å². The minimum absolute atomic E-state index is 0.191. The molecule has 3 unspecified atom stereocenters. The number of likely N-dealkylation sites (N-methyl/N-ethyl adjacent to an activating group) is 1. The van der Waals surface area contributed by atoms with Gasteiger partial charge in [0.1, 0.15) is 5.82 Å². The monoisotopic (exact) mass is 281 g/mol. The van der Waals surface area contributed by atoms with E-state index in [1.165, 1.54) is 25.3 Å². The second-order valence-electron chi connectivity index (χ2n) is 6.09. The Morgan fingerprint density at radius 1 is 1.32 bits per heavy atom. The minimum Gasteiger partial charge on any atom is -0.314 e. The van der Waals surface area contributed by atoms with Crippen molar-refractivity contribution in [3.8, 4) is 0 Å². The predicted octanol–water partition coefficient (Wildman–Crippen LogP) is 4.05. The van der Waals surface area contributed by atoms with E-state index in [1.54, 1.807) is 12.1 Å². The van der Waals surface area contributed by atoms with Gasteiger partial charge >= 0.3 is 0 Å². The van der Waals surface area contributed by atoms with Crippen LogP contribution in [0.2, 0.25) is 5.02 Å². The third-order valence-electron chi connectivity index (χ3n) is 4.76. The SMILES string of the molecule is CCNC(Cc1cc(F)ccc1Cl)C1CC2CC2C1. The third kappa shape index (κ3) is 2.95. The maximum Gasteiger partial charge on any atom is 0.123 e. The Hall–Kier alpha value is -0.600. The molecule has 2 aliphatic carbocycles. The highest BCUT2D eigenvalue weighted by Crippen LogP contribution is 2.55. The largest absolute Gasteiger partial charge is 0.314 e. The van der Waals surface area contributed by atoms with Crippen LogP contribution in [0.15, 0.2) is 18.2 Å². The molecule has 0 saturated heterocycles. The van der Waals surface area contributed by atoms with Crippen LogP contribution in [0, 0.1) is 23.6 Å². The Labute approximate surface area is 119 Å². The van der Waals surface area contributed by atoms with Gasteiger partial charge in [-0.05, 0) is 73.7 Å². The predicted molar refractivity (Wildman–Crippen MR) is 76.9 cm³/mol. The van der Waals surface area contributed by atoms with Gasteiger partial charge in [-0.15, -0.1) is 0 Å². The molecule has 2 fully saturated rings. The summed E-state index contributed by atoms with van der Waals surface area (Å²) >= 11 is 6.19. The lowest BCUT2D eigenvalue weighted by Crippen LogP contribution is -2.37. The Bertz CT molecular complexity index is 452. The second kappa shape index (κ2) is 5.41. The molecule has 0 aliphatic heterocycles. The zero-order chi connectivity index (χ0) is 13.4. The standard InChI is InChI=1S/C16H21ClFN/c1-2-19-16(13-6-10-5-11(10)7-13)9-12-8-14(18)3-4-15(12)17/h3-4,8,10-11,13,16,19H,2,5-7,9H2,1H3. The van der Waals surface area contributed by atoms with Gasteiger partial charge in [-0.3, -0.25) is 0 Å². The molecule has 1 aromatic carbocycles. The molecule has 3 rings (SSSR count). The van der Waals surface area contributed by atoms with E-state index in [1.807, 2.05) is 0 Å². The molecule has 0 radical (unpaired) electrons. The van der Waals surface area contributed by atoms with Crippen LogP contribution in [0.4, 0.5) is 4.39 Å². The van der Waals surface area contributed by atoms with Crippen molar-refractivity contribution in [2.75, 3.05) is 6.54 Å². The van der Waals surface area contributed by atoms with Crippen molar-refractivity contribution in [3.63, 3.8) is 0 Å². The van der Waals surface area contributed by atoms with Crippen LogP contribution in [-0.2, 0) is 6.42 Å². The zero-order valence-corrected chi connectivity index (χ0v) is 12.1. The summed E-state index contributed by atoms with van der Waals surface area (Å²) in [5.74, 6) is 2.51. The first-order valence-corrected chi connectivity index (χ1v) is 7.72. The molecule has 2 aliphatic rings. The molecule has 1 nitrogen and oxygen atoms in total. The Kier molecular flexibility index (Phi) is 3.81. The van der Waals surface area contributed by atoms with Gasteiger partial charge in [0.2, 0.25) is 0 Å². The molecule has 1 aromatic rings. The lowest BCUT2D eigenvalue weighted by atomic mass is 9.89. The van der Waals surface area contributed by atoms with Gasteiger partial charge in [-0.25, -0.2) is 4.39 Å². The van der Waals surface area contributed by atoms with Gasteiger partial charge in [0.05, 0.1) is 0 Å². The van der Waals surface area contributed by atoms with E-state index in [4.69, 9.17) is 11.6 Å². The van der Waals surface area contributed by atoms with Crippen molar-refractivity contribution >= 4 is 11.6 Å². The van der Waals surface area contributed by atoms with E-state index in [0.717, 1.165) is 36.3 Å². The smallest absolute Gasteiger partial charge is 0.123 e. The first-order valence-electron chi connectivity index (χ1n) is 7.34. The molecule has 3 atom stereocenters. The quantitative estimate of drug-likeness (QED) is 0.859. The molecular formula is C16H21ClFN. The van der Waals surface area contributed by atoms with E-state index < -0.39 is 0 Å². The van der Waals surface area contributed by atoms with E-state index in [9.17, 15) is 4.39 Å². The summed E-state index contributed by atoms with van der Waals surface area (Å²) < 4.78 is 13.4. The number of fused-ring (bicyclic) bond motifs is 1. The zero-order valence-electron chi connectivity index (χ0n) is 11.3. The van der Waals surface area contributed by atoms with E-state index in [0.29, 0.717) is 11.1 Å². The molecule has 0 amide bonds. The van der Waals surface area contributed by atoms with Gasteiger partial charge in [-0.2, -0.15) is 0 Å². The average Bonchev–Trinajstić information content (AvgIpc) is 3.00. The molecule has 3 heteroatoms. The lowest BCUT2D eigenvalue weighted by Gasteiger charge is -2.26. The van der Waals surface area contributed by atoms with Crippen molar-refractivity contribution in [3.05, 3.63) is 34.6 Å². The summed E-state index contributed by atoms with van der Waals surface area (Å²) in [5, 5.41) is 4.27. The van der Waals surface area contributed by atoms with E-state index in [2.05, 4.69) is 12.2 Å². The Morgan fingerprint density at radius 2 is 2.05 bits per heavy atom. The maximum atomic E-state index is 13.4. The Morgan fingerprint density at radius 3 is 2.74 bits per heavy atom. The molecule has 0 bridgehead atoms. The second-order valence-corrected chi connectivity index (χ2v) is 6.50. The number of halogens is 2. The van der Waals surface area contributed by atoms with Crippen LogP contribution in [0.5, 0.6) is 0 Å². The molecular weight excluding hydrogens is 261 g/mol. The lowest BCUT2D eigenvalue weighted by molar-refractivity contribution is 0.337.